The monoisotopic (exact) mass is 366 g/mol. The molecule has 0 unspecified atom stereocenters. The Labute approximate surface area is 160 Å². The van der Waals surface area contributed by atoms with Crippen LogP contribution in [0.1, 0.15) is 38.8 Å². The first-order valence-electron chi connectivity index (χ1n) is 9.12. The number of carbonyl (C=O) groups excluding carboxylic acids is 1. The topological polar surface area (TPSA) is 72.2 Å². The third kappa shape index (κ3) is 5.51. The number of hydrogen-bond acceptors (Lipinski definition) is 3. The van der Waals surface area contributed by atoms with Crippen molar-refractivity contribution in [3.8, 4) is 0 Å². The van der Waals surface area contributed by atoms with Crippen LogP contribution in [-0.4, -0.2) is 16.9 Å². The van der Waals surface area contributed by atoms with E-state index in [1.165, 1.54) is 12.1 Å². The molecule has 27 heavy (non-hydrogen) atoms. The molecule has 0 atom stereocenters. The number of nitro benzene ring substituents is 1. The largest absolute Gasteiger partial charge is 0.349 e. The van der Waals surface area contributed by atoms with Crippen molar-refractivity contribution in [1.29, 1.82) is 0 Å². The smallest absolute Gasteiger partial charge is 0.269 e. The van der Waals surface area contributed by atoms with Crippen LogP contribution in [0.4, 0.5) is 5.69 Å². The lowest BCUT2D eigenvalue weighted by Gasteiger charge is -2.26. The number of hydrogen-bond donors (Lipinski definition) is 1. The van der Waals surface area contributed by atoms with Crippen LogP contribution < -0.4 is 5.32 Å². The maximum absolute atomic E-state index is 13.1. The number of carbonyl (C=O) groups is 1. The van der Waals surface area contributed by atoms with Crippen LogP contribution in [0, 0.1) is 22.0 Å². The van der Waals surface area contributed by atoms with E-state index in [1.54, 1.807) is 18.2 Å². The van der Waals surface area contributed by atoms with Crippen molar-refractivity contribution in [1.82, 2.24) is 5.32 Å². The molecule has 0 bridgehead atoms. The molecule has 0 saturated heterocycles. The Kier molecular flexibility index (Phi) is 6.88. The zero-order chi connectivity index (χ0) is 20.0. The molecule has 2 aromatic rings. The molecular weight excluding hydrogens is 340 g/mol. The minimum atomic E-state index is -0.436. The van der Waals surface area contributed by atoms with Gasteiger partial charge in [-0.2, -0.15) is 0 Å². The Balaban J connectivity index is 2.39. The summed E-state index contributed by atoms with van der Waals surface area (Å²) in [4.78, 5) is 23.5. The number of non-ortho nitro benzene ring substituents is 1. The molecule has 1 N–H and O–H groups in total. The van der Waals surface area contributed by atoms with Crippen LogP contribution in [0.2, 0.25) is 0 Å². The van der Waals surface area contributed by atoms with Gasteiger partial charge in [0, 0.05) is 23.7 Å². The Morgan fingerprint density at radius 1 is 0.963 bits per heavy atom. The molecule has 142 valence electrons. The van der Waals surface area contributed by atoms with Gasteiger partial charge in [-0.1, -0.05) is 58.0 Å². The fraction of sp³-hybridized carbons (Fsp3) is 0.318. The molecule has 1 amide bonds. The van der Waals surface area contributed by atoms with E-state index < -0.39 is 4.92 Å². The number of rotatable bonds is 7. The van der Waals surface area contributed by atoms with E-state index >= 15 is 0 Å². The molecule has 0 aliphatic rings. The normalized spacial score (nSPS) is 11.9. The maximum atomic E-state index is 13.1. The number of benzene rings is 2. The van der Waals surface area contributed by atoms with Crippen molar-refractivity contribution >= 4 is 23.2 Å². The molecule has 0 saturated carbocycles. The molecule has 0 aliphatic heterocycles. The van der Waals surface area contributed by atoms with Gasteiger partial charge in [-0.15, -0.1) is 0 Å². The van der Waals surface area contributed by atoms with E-state index in [0.717, 1.165) is 11.1 Å². The lowest BCUT2D eigenvalue weighted by Crippen LogP contribution is -2.42. The van der Waals surface area contributed by atoms with Gasteiger partial charge >= 0.3 is 0 Å². The minimum Gasteiger partial charge on any atom is -0.349 e. The highest BCUT2D eigenvalue weighted by Crippen LogP contribution is 2.22. The molecular formula is C22H26N2O3. The van der Waals surface area contributed by atoms with Crippen molar-refractivity contribution in [2.45, 2.75) is 33.7 Å². The molecule has 5 heteroatoms. The average molecular weight is 366 g/mol. The zero-order valence-corrected chi connectivity index (χ0v) is 16.2. The Morgan fingerprint density at radius 3 is 2.00 bits per heavy atom. The quantitative estimate of drug-likeness (QED) is 0.327. The van der Waals surface area contributed by atoms with E-state index in [4.69, 9.17) is 0 Å². The molecule has 5 nitrogen and oxygen atoms in total. The molecule has 0 fully saturated rings. The third-order valence-electron chi connectivity index (χ3n) is 4.48. The highest BCUT2D eigenvalue weighted by Gasteiger charge is 2.22. The fourth-order valence-electron chi connectivity index (χ4n) is 3.09. The van der Waals surface area contributed by atoms with Gasteiger partial charge in [0.25, 0.3) is 11.6 Å². The average Bonchev–Trinajstić information content (AvgIpc) is 2.64. The standard InChI is InChI=1S/C22H26N2O3/c1-15(2)21(16(3)4)23-22(25)20(18-8-6-5-7-9-18)14-17-10-12-19(13-11-17)24(26)27/h5-16,21H,1-4H3,(H,23,25)/b20-14+. The summed E-state index contributed by atoms with van der Waals surface area (Å²) < 4.78 is 0. The van der Waals surface area contributed by atoms with Crippen LogP contribution in [0.5, 0.6) is 0 Å². The predicted molar refractivity (Wildman–Crippen MR) is 109 cm³/mol. The minimum absolute atomic E-state index is 0.0255. The molecule has 0 aliphatic carbocycles. The molecule has 0 heterocycles. The molecule has 2 aromatic carbocycles. The molecule has 0 aromatic heterocycles. The van der Waals surface area contributed by atoms with E-state index in [-0.39, 0.29) is 17.6 Å². The summed E-state index contributed by atoms with van der Waals surface area (Å²) in [6.45, 7) is 8.36. The number of nitrogens with zero attached hydrogens (tertiary/aromatic N) is 1. The van der Waals surface area contributed by atoms with Crippen LogP contribution in [0.3, 0.4) is 0 Å². The first-order chi connectivity index (χ1) is 12.8. The summed E-state index contributed by atoms with van der Waals surface area (Å²) in [5.41, 5.74) is 2.10. The van der Waals surface area contributed by atoms with Gasteiger partial charge in [-0.3, -0.25) is 14.9 Å². The predicted octanol–water partition coefficient (Wildman–Crippen LogP) is 4.93. The van der Waals surface area contributed by atoms with Gasteiger partial charge < -0.3 is 5.32 Å². The van der Waals surface area contributed by atoms with Gasteiger partial charge in [0.15, 0.2) is 0 Å². The first-order valence-corrected chi connectivity index (χ1v) is 9.12. The van der Waals surface area contributed by atoms with Crippen molar-refractivity contribution in [3.05, 3.63) is 75.8 Å². The summed E-state index contributed by atoms with van der Waals surface area (Å²) in [6.07, 6.45) is 1.77. The fourth-order valence-corrected chi connectivity index (χ4v) is 3.09. The Morgan fingerprint density at radius 2 is 1.52 bits per heavy atom. The lowest BCUT2D eigenvalue weighted by molar-refractivity contribution is -0.384. The SMILES string of the molecule is CC(C)C(NC(=O)/C(=C/c1ccc([N+](=O)[O-])cc1)c1ccccc1)C(C)C. The highest BCUT2D eigenvalue weighted by atomic mass is 16.6. The van der Waals surface area contributed by atoms with Gasteiger partial charge in [0.05, 0.1) is 4.92 Å². The van der Waals surface area contributed by atoms with Gasteiger partial charge in [0.1, 0.15) is 0 Å². The third-order valence-corrected chi connectivity index (χ3v) is 4.48. The van der Waals surface area contributed by atoms with E-state index in [9.17, 15) is 14.9 Å². The number of amides is 1. The lowest BCUT2D eigenvalue weighted by atomic mass is 9.92. The maximum Gasteiger partial charge on any atom is 0.269 e. The summed E-state index contributed by atoms with van der Waals surface area (Å²) in [7, 11) is 0. The van der Waals surface area contributed by atoms with Gasteiger partial charge in [-0.05, 0) is 41.2 Å². The van der Waals surface area contributed by atoms with Crippen molar-refractivity contribution in [3.63, 3.8) is 0 Å². The van der Waals surface area contributed by atoms with Gasteiger partial charge in [0.2, 0.25) is 0 Å². The van der Waals surface area contributed by atoms with Gasteiger partial charge in [-0.25, -0.2) is 0 Å². The Bertz CT molecular complexity index is 801. The van der Waals surface area contributed by atoms with E-state index in [1.807, 2.05) is 30.3 Å². The summed E-state index contributed by atoms with van der Waals surface area (Å²) in [5.74, 6) is 0.475. The van der Waals surface area contributed by atoms with Crippen LogP contribution in [-0.2, 0) is 4.79 Å². The molecule has 0 spiro atoms. The summed E-state index contributed by atoms with van der Waals surface area (Å²) in [5, 5.41) is 14.0. The van der Waals surface area contributed by atoms with Crippen LogP contribution >= 0.6 is 0 Å². The van der Waals surface area contributed by atoms with Crippen molar-refractivity contribution in [2.24, 2.45) is 11.8 Å². The van der Waals surface area contributed by atoms with Crippen molar-refractivity contribution < 1.29 is 9.72 Å². The van der Waals surface area contributed by atoms with Crippen molar-refractivity contribution in [2.75, 3.05) is 0 Å². The number of nitro groups is 1. The van der Waals surface area contributed by atoms with Crippen LogP contribution in [0.15, 0.2) is 54.6 Å². The van der Waals surface area contributed by atoms with E-state index in [2.05, 4.69) is 33.0 Å². The Hall–Kier alpha value is -2.95. The molecule has 2 rings (SSSR count). The van der Waals surface area contributed by atoms with E-state index in [0.29, 0.717) is 17.4 Å². The summed E-state index contributed by atoms with van der Waals surface area (Å²) in [6, 6.07) is 15.7. The first kappa shape index (κ1) is 20.4. The van der Waals surface area contributed by atoms with Crippen LogP contribution in [0.25, 0.3) is 11.6 Å². The molecule has 0 radical (unpaired) electrons. The second-order valence-electron chi connectivity index (χ2n) is 7.26. The second-order valence-corrected chi connectivity index (χ2v) is 7.26. The zero-order valence-electron chi connectivity index (χ0n) is 16.2. The highest BCUT2D eigenvalue weighted by molar-refractivity contribution is 6.24. The number of nitrogens with one attached hydrogen (secondary N) is 1. The second kappa shape index (κ2) is 9.12. The summed E-state index contributed by atoms with van der Waals surface area (Å²) >= 11 is 0.